The van der Waals surface area contributed by atoms with Crippen LogP contribution in [0.1, 0.15) is 6.42 Å². The summed E-state index contributed by atoms with van der Waals surface area (Å²) in [7, 11) is 1.49. The van der Waals surface area contributed by atoms with Crippen molar-refractivity contribution >= 4 is 46.4 Å². The molecule has 0 bridgehead atoms. The summed E-state index contributed by atoms with van der Waals surface area (Å²) in [5.74, 6) is -1.00. The third-order valence-electron chi connectivity index (χ3n) is 3.80. The molecule has 1 heterocycles. The van der Waals surface area contributed by atoms with Crippen LogP contribution in [0.3, 0.4) is 0 Å². The van der Waals surface area contributed by atoms with E-state index in [0.717, 1.165) is 11.0 Å². The zero-order valence-electron chi connectivity index (χ0n) is 13.1. The summed E-state index contributed by atoms with van der Waals surface area (Å²) < 4.78 is 18.5. The lowest BCUT2D eigenvalue weighted by Crippen LogP contribution is -2.34. The fraction of sp³-hybridized carbons (Fsp3) is 0.176. The number of nitrogens with one attached hydrogen (secondary N) is 1. The third-order valence-corrected chi connectivity index (χ3v) is 4.32. The van der Waals surface area contributed by atoms with E-state index in [1.165, 1.54) is 19.2 Å². The minimum atomic E-state index is -0.788. The number of hydrogen-bond donors (Lipinski definition) is 1. The molecular weight excluding hydrogens is 370 g/mol. The largest absolute Gasteiger partial charge is 0.495 e. The average molecular weight is 383 g/mol. The Balaban J connectivity index is 1.86. The van der Waals surface area contributed by atoms with Gasteiger partial charge in [-0.05, 0) is 36.4 Å². The van der Waals surface area contributed by atoms with Crippen LogP contribution in [0.25, 0.3) is 0 Å². The van der Waals surface area contributed by atoms with Gasteiger partial charge in [0, 0.05) is 5.02 Å². The first-order valence-corrected chi connectivity index (χ1v) is 8.08. The quantitative estimate of drug-likeness (QED) is 0.815. The van der Waals surface area contributed by atoms with Crippen LogP contribution in [-0.4, -0.2) is 25.0 Å². The molecule has 1 aliphatic rings. The van der Waals surface area contributed by atoms with Gasteiger partial charge in [-0.2, -0.15) is 0 Å². The second-order valence-corrected chi connectivity index (χ2v) is 6.26. The van der Waals surface area contributed by atoms with E-state index in [2.05, 4.69) is 5.32 Å². The minimum Gasteiger partial charge on any atom is -0.495 e. The predicted octanol–water partition coefficient (Wildman–Crippen LogP) is 3.89. The molecule has 130 valence electrons. The molecule has 2 amide bonds. The Hall–Kier alpha value is -2.31. The van der Waals surface area contributed by atoms with Crippen molar-refractivity contribution < 1.29 is 18.7 Å². The second kappa shape index (κ2) is 6.90. The topological polar surface area (TPSA) is 58.6 Å². The molecule has 3 rings (SSSR count). The molecule has 25 heavy (non-hydrogen) atoms. The fourth-order valence-corrected chi connectivity index (χ4v) is 2.97. The van der Waals surface area contributed by atoms with Gasteiger partial charge in [0.1, 0.15) is 17.6 Å². The highest BCUT2D eigenvalue weighted by Gasteiger charge is 2.40. The van der Waals surface area contributed by atoms with Crippen LogP contribution in [0.4, 0.5) is 15.8 Å². The molecule has 0 aromatic heterocycles. The lowest BCUT2D eigenvalue weighted by Gasteiger charge is -2.17. The highest BCUT2D eigenvalue weighted by atomic mass is 35.5. The molecule has 1 saturated heterocycles. The average Bonchev–Trinajstić information content (AvgIpc) is 2.84. The van der Waals surface area contributed by atoms with Crippen LogP contribution >= 0.6 is 23.2 Å². The van der Waals surface area contributed by atoms with Crippen molar-refractivity contribution in [3.05, 3.63) is 52.3 Å². The summed E-state index contributed by atoms with van der Waals surface area (Å²) in [6.07, 6.45) is -0.0521. The van der Waals surface area contributed by atoms with Crippen LogP contribution in [0.5, 0.6) is 5.75 Å². The van der Waals surface area contributed by atoms with Crippen molar-refractivity contribution in [1.29, 1.82) is 0 Å². The predicted molar refractivity (Wildman–Crippen MR) is 93.9 cm³/mol. The molecule has 1 N–H and O–H groups in total. The molecule has 8 heteroatoms. The van der Waals surface area contributed by atoms with Crippen molar-refractivity contribution in [2.24, 2.45) is 0 Å². The number of hydrogen-bond acceptors (Lipinski definition) is 4. The molecule has 2 aromatic rings. The van der Waals surface area contributed by atoms with E-state index in [4.69, 9.17) is 27.9 Å². The molecule has 0 radical (unpaired) electrons. The first-order chi connectivity index (χ1) is 11.9. The number of carbonyl (C=O) groups excluding carboxylic acids is 2. The number of anilines is 2. The minimum absolute atomic E-state index is 0.0521. The molecule has 1 atom stereocenters. The molecule has 0 saturated carbocycles. The maximum Gasteiger partial charge on any atom is 0.256 e. The summed E-state index contributed by atoms with van der Waals surface area (Å²) in [5.41, 5.74) is 0.726. The smallest absolute Gasteiger partial charge is 0.256 e. The Bertz CT molecular complexity index is 860. The molecular formula is C17H13Cl2FN2O3. The summed E-state index contributed by atoms with van der Waals surface area (Å²) in [5, 5.41) is 3.28. The van der Waals surface area contributed by atoms with Crippen molar-refractivity contribution in [1.82, 2.24) is 0 Å². The van der Waals surface area contributed by atoms with E-state index < -0.39 is 23.7 Å². The molecule has 1 fully saturated rings. The molecule has 0 aliphatic carbocycles. The van der Waals surface area contributed by atoms with Crippen molar-refractivity contribution in [2.45, 2.75) is 12.5 Å². The lowest BCUT2D eigenvalue weighted by atomic mass is 10.2. The van der Waals surface area contributed by atoms with Gasteiger partial charge in [-0.15, -0.1) is 0 Å². The fourth-order valence-electron chi connectivity index (χ4n) is 2.62. The van der Waals surface area contributed by atoms with Gasteiger partial charge in [0.15, 0.2) is 0 Å². The Kier molecular flexibility index (Phi) is 4.83. The summed E-state index contributed by atoms with van der Waals surface area (Å²) >= 11 is 11.7. The summed E-state index contributed by atoms with van der Waals surface area (Å²) in [6, 6.07) is 7.82. The Morgan fingerprint density at radius 2 is 1.96 bits per heavy atom. The van der Waals surface area contributed by atoms with E-state index in [9.17, 15) is 14.0 Å². The monoisotopic (exact) mass is 382 g/mol. The Morgan fingerprint density at radius 1 is 1.20 bits per heavy atom. The molecule has 0 unspecified atom stereocenters. The van der Waals surface area contributed by atoms with Gasteiger partial charge in [0.05, 0.1) is 29.9 Å². The number of ether oxygens (including phenoxy) is 1. The number of benzene rings is 2. The summed E-state index contributed by atoms with van der Waals surface area (Å²) in [4.78, 5) is 25.9. The Labute approximate surface area is 153 Å². The van der Waals surface area contributed by atoms with E-state index in [1.54, 1.807) is 18.2 Å². The van der Waals surface area contributed by atoms with Crippen LogP contribution in [0.2, 0.25) is 10.0 Å². The van der Waals surface area contributed by atoms with Crippen molar-refractivity contribution in [3.8, 4) is 5.75 Å². The number of rotatable bonds is 4. The number of methoxy groups -OCH3 is 1. The molecule has 2 aromatic carbocycles. The Morgan fingerprint density at radius 3 is 2.64 bits per heavy atom. The normalized spacial score (nSPS) is 17.1. The highest BCUT2D eigenvalue weighted by Crippen LogP contribution is 2.32. The van der Waals surface area contributed by atoms with Gasteiger partial charge in [-0.1, -0.05) is 23.2 Å². The van der Waals surface area contributed by atoms with Gasteiger partial charge < -0.3 is 10.1 Å². The van der Waals surface area contributed by atoms with Gasteiger partial charge >= 0.3 is 0 Å². The number of imide groups is 1. The van der Waals surface area contributed by atoms with Gasteiger partial charge in [-0.25, -0.2) is 9.29 Å². The molecule has 0 spiro atoms. The van der Waals surface area contributed by atoms with E-state index >= 15 is 0 Å². The summed E-state index contributed by atoms with van der Waals surface area (Å²) in [6.45, 7) is 0. The number of halogens is 3. The van der Waals surface area contributed by atoms with E-state index in [1.807, 2.05) is 0 Å². The van der Waals surface area contributed by atoms with Crippen LogP contribution in [0.15, 0.2) is 36.4 Å². The first-order valence-electron chi connectivity index (χ1n) is 7.32. The first kappa shape index (κ1) is 17.5. The standard InChI is InChI=1S/C17H13Cl2FN2O3/c1-25-15-5-2-9(18)6-13(15)21-14-8-16(23)22(17(14)24)10-3-4-12(20)11(19)7-10/h2-7,14,21H,8H2,1H3/t14-/m0/s1. The maximum atomic E-state index is 13.3. The number of carbonyl (C=O) groups is 2. The van der Waals surface area contributed by atoms with Crippen molar-refractivity contribution in [3.63, 3.8) is 0 Å². The number of amides is 2. The number of nitrogens with zero attached hydrogens (tertiary/aromatic N) is 1. The second-order valence-electron chi connectivity index (χ2n) is 5.41. The highest BCUT2D eigenvalue weighted by molar-refractivity contribution is 6.32. The third kappa shape index (κ3) is 3.41. The molecule has 1 aliphatic heterocycles. The lowest BCUT2D eigenvalue weighted by molar-refractivity contribution is -0.121. The van der Waals surface area contributed by atoms with Crippen molar-refractivity contribution in [2.75, 3.05) is 17.3 Å². The van der Waals surface area contributed by atoms with Gasteiger partial charge in [-0.3, -0.25) is 9.59 Å². The maximum absolute atomic E-state index is 13.3. The van der Waals surface area contributed by atoms with Gasteiger partial charge in [0.25, 0.3) is 5.91 Å². The zero-order valence-corrected chi connectivity index (χ0v) is 14.6. The van der Waals surface area contributed by atoms with Gasteiger partial charge in [0.2, 0.25) is 5.91 Å². The van der Waals surface area contributed by atoms with Crippen LogP contribution < -0.4 is 15.0 Å². The SMILES string of the molecule is COc1ccc(Cl)cc1N[C@H]1CC(=O)N(c2ccc(F)c(Cl)c2)C1=O. The van der Waals surface area contributed by atoms with E-state index in [-0.39, 0.29) is 17.1 Å². The molecule has 5 nitrogen and oxygen atoms in total. The van der Waals surface area contributed by atoms with Crippen LogP contribution in [0, 0.1) is 5.82 Å². The van der Waals surface area contributed by atoms with Crippen LogP contribution in [-0.2, 0) is 9.59 Å². The zero-order chi connectivity index (χ0) is 18.1. The van der Waals surface area contributed by atoms with E-state index in [0.29, 0.717) is 16.5 Å².